The molecule has 1 unspecified atom stereocenters. The Bertz CT molecular complexity index is 1180. The molecule has 3 aromatic carbocycles. The fourth-order valence-corrected chi connectivity index (χ4v) is 4.51. The van der Waals surface area contributed by atoms with E-state index in [9.17, 15) is 14.4 Å². The third-order valence-corrected chi connectivity index (χ3v) is 6.00. The van der Waals surface area contributed by atoms with Gasteiger partial charge in [0.15, 0.2) is 5.54 Å². The maximum absolute atomic E-state index is 13.7. The summed E-state index contributed by atoms with van der Waals surface area (Å²) in [5, 5.41) is 5.77. The van der Waals surface area contributed by atoms with E-state index in [0.29, 0.717) is 11.3 Å². The molecule has 1 aliphatic heterocycles. The van der Waals surface area contributed by atoms with Gasteiger partial charge in [0.1, 0.15) is 6.54 Å². The average molecular weight is 442 g/mol. The Labute approximate surface area is 193 Å². The Balaban J connectivity index is 1.61. The minimum atomic E-state index is -1.27. The molecule has 0 aliphatic carbocycles. The average Bonchev–Trinajstić information content (AvgIpc) is 3.02. The predicted octanol–water partition coefficient (Wildman–Crippen LogP) is 4.24. The molecule has 33 heavy (non-hydrogen) atoms. The Morgan fingerprint density at radius 1 is 0.909 bits per heavy atom. The summed E-state index contributed by atoms with van der Waals surface area (Å²) < 4.78 is 0. The lowest BCUT2D eigenvalue weighted by Gasteiger charge is -2.27. The summed E-state index contributed by atoms with van der Waals surface area (Å²) in [4.78, 5) is 40.5. The highest BCUT2D eigenvalue weighted by Crippen LogP contribution is 2.33. The zero-order valence-electron chi connectivity index (χ0n) is 19.0. The number of carbonyl (C=O) groups is 3. The summed E-state index contributed by atoms with van der Waals surface area (Å²) in [6.45, 7) is 5.47. The highest BCUT2D eigenvalue weighted by Gasteiger charge is 2.52. The van der Waals surface area contributed by atoms with E-state index in [1.54, 1.807) is 0 Å². The smallest absolute Gasteiger partial charge is 0.324 e. The van der Waals surface area contributed by atoms with Crippen molar-refractivity contribution in [2.24, 2.45) is 0 Å². The van der Waals surface area contributed by atoms with E-state index in [0.717, 1.165) is 27.2 Å². The van der Waals surface area contributed by atoms with Crippen molar-refractivity contribution >= 4 is 23.5 Å². The third-order valence-electron chi connectivity index (χ3n) is 6.00. The summed E-state index contributed by atoms with van der Waals surface area (Å²) in [5.74, 6) is -0.854. The first-order valence-corrected chi connectivity index (χ1v) is 10.9. The van der Waals surface area contributed by atoms with Gasteiger partial charge in [0.05, 0.1) is 0 Å². The monoisotopic (exact) mass is 441 g/mol. The van der Waals surface area contributed by atoms with Crippen molar-refractivity contribution in [3.05, 3.63) is 101 Å². The standard InChI is InChI=1S/C27H27N3O3/c1-18-14-19(2)24(20(3)15-18)28-23(31)17-30-25(32)27(29-26(30)33,22-12-8-5-9-13-22)16-21-10-6-4-7-11-21/h4-15H,16-17H2,1-3H3,(H,28,31)(H,29,33). The van der Waals surface area contributed by atoms with Crippen molar-refractivity contribution in [3.63, 3.8) is 0 Å². The fourth-order valence-electron chi connectivity index (χ4n) is 4.51. The number of carbonyl (C=O) groups excluding carboxylic acids is 3. The van der Waals surface area contributed by atoms with E-state index in [-0.39, 0.29) is 13.0 Å². The lowest BCUT2D eigenvalue weighted by atomic mass is 9.83. The van der Waals surface area contributed by atoms with Crippen LogP contribution in [0.1, 0.15) is 27.8 Å². The van der Waals surface area contributed by atoms with Gasteiger partial charge in [0.25, 0.3) is 5.91 Å². The number of amides is 4. The van der Waals surface area contributed by atoms with Gasteiger partial charge in [-0.25, -0.2) is 4.79 Å². The van der Waals surface area contributed by atoms with E-state index in [1.807, 2.05) is 93.6 Å². The highest BCUT2D eigenvalue weighted by atomic mass is 16.2. The quantitative estimate of drug-likeness (QED) is 0.562. The van der Waals surface area contributed by atoms with E-state index < -0.39 is 23.4 Å². The minimum absolute atomic E-state index is 0.288. The van der Waals surface area contributed by atoms with Crippen LogP contribution in [0.3, 0.4) is 0 Å². The van der Waals surface area contributed by atoms with Gasteiger partial charge < -0.3 is 10.6 Å². The molecular formula is C27H27N3O3. The molecule has 0 radical (unpaired) electrons. The van der Waals surface area contributed by atoms with Gasteiger partial charge in [-0.3, -0.25) is 14.5 Å². The van der Waals surface area contributed by atoms with Crippen LogP contribution in [-0.4, -0.2) is 29.3 Å². The predicted molar refractivity (Wildman–Crippen MR) is 128 cm³/mol. The number of hydrogen-bond donors (Lipinski definition) is 2. The molecule has 2 N–H and O–H groups in total. The van der Waals surface area contributed by atoms with Crippen molar-refractivity contribution in [1.82, 2.24) is 10.2 Å². The molecule has 1 fully saturated rings. The van der Waals surface area contributed by atoms with Crippen LogP contribution in [0.25, 0.3) is 0 Å². The summed E-state index contributed by atoms with van der Waals surface area (Å²) >= 11 is 0. The summed E-state index contributed by atoms with van der Waals surface area (Å²) in [6.07, 6.45) is 0.288. The second kappa shape index (κ2) is 8.90. The molecule has 0 aromatic heterocycles. The molecule has 6 heteroatoms. The molecule has 1 atom stereocenters. The van der Waals surface area contributed by atoms with Crippen LogP contribution in [0.2, 0.25) is 0 Å². The molecule has 0 bridgehead atoms. The SMILES string of the molecule is Cc1cc(C)c(NC(=O)CN2C(=O)NC(Cc3ccccc3)(c3ccccc3)C2=O)c(C)c1. The molecule has 4 amide bonds. The van der Waals surface area contributed by atoms with Crippen LogP contribution in [-0.2, 0) is 21.5 Å². The first-order valence-electron chi connectivity index (χ1n) is 10.9. The summed E-state index contributed by atoms with van der Waals surface area (Å²) in [5.41, 5.74) is 3.99. The first-order chi connectivity index (χ1) is 15.8. The maximum atomic E-state index is 13.7. The molecule has 1 heterocycles. The topological polar surface area (TPSA) is 78.5 Å². The van der Waals surface area contributed by atoms with Crippen LogP contribution >= 0.6 is 0 Å². The fraction of sp³-hybridized carbons (Fsp3) is 0.222. The number of aryl methyl sites for hydroxylation is 3. The first kappa shape index (κ1) is 22.3. The number of anilines is 1. The van der Waals surface area contributed by atoms with Crippen LogP contribution in [0, 0.1) is 20.8 Å². The molecule has 6 nitrogen and oxygen atoms in total. The van der Waals surface area contributed by atoms with Gasteiger partial charge in [0, 0.05) is 12.1 Å². The molecule has 168 valence electrons. The lowest BCUT2D eigenvalue weighted by Crippen LogP contribution is -2.46. The van der Waals surface area contributed by atoms with Crippen molar-refractivity contribution < 1.29 is 14.4 Å². The van der Waals surface area contributed by atoms with Gasteiger partial charge >= 0.3 is 6.03 Å². The molecular weight excluding hydrogens is 414 g/mol. The second-order valence-corrected chi connectivity index (χ2v) is 8.58. The Hall–Kier alpha value is -3.93. The van der Waals surface area contributed by atoms with Gasteiger partial charge in [-0.1, -0.05) is 78.4 Å². The summed E-state index contributed by atoms with van der Waals surface area (Å²) in [7, 11) is 0. The Kier molecular flexibility index (Phi) is 6.01. The van der Waals surface area contributed by atoms with Gasteiger partial charge in [-0.05, 0) is 43.0 Å². The van der Waals surface area contributed by atoms with Crippen LogP contribution in [0.5, 0.6) is 0 Å². The lowest BCUT2D eigenvalue weighted by molar-refractivity contribution is -0.134. The van der Waals surface area contributed by atoms with E-state index in [2.05, 4.69) is 10.6 Å². The number of nitrogens with one attached hydrogen (secondary N) is 2. The van der Waals surface area contributed by atoms with E-state index >= 15 is 0 Å². The molecule has 1 saturated heterocycles. The van der Waals surface area contributed by atoms with Crippen LogP contribution in [0.15, 0.2) is 72.8 Å². The van der Waals surface area contributed by atoms with Gasteiger partial charge in [0.2, 0.25) is 5.91 Å². The maximum Gasteiger partial charge on any atom is 0.325 e. The van der Waals surface area contributed by atoms with Crippen LogP contribution in [0.4, 0.5) is 10.5 Å². The summed E-state index contributed by atoms with van der Waals surface area (Å²) in [6, 6.07) is 22.1. The number of urea groups is 1. The van der Waals surface area contributed by atoms with Crippen molar-refractivity contribution in [2.45, 2.75) is 32.7 Å². The molecule has 4 rings (SSSR count). The van der Waals surface area contributed by atoms with Crippen molar-refractivity contribution in [2.75, 3.05) is 11.9 Å². The highest BCUT2D eigenvalue weighted by molar-refractivity contribution is 6.10. The van der Waals surface area contributed by atoms with E-state index in [4.69, 9.17) is 0 Å². The van der Waals surface area contributed by atoms with Crippen molar-refractivity contribution in [3.8, 4) is 0 Å². The van der Waals surface area contributed by atoms with Gasteiger partial charge in [-0.15, -0.1) is 0 Å². The second-order valence-electron chi connectivity index (χ2n) is 8.58. The third kappa shape index (κ3) is 4.37. The number of benzene rings is 3. The van der Waals surface area contributed by atoms with Crippen LogP contribution < -0.4 is 10.6 Å². The molecule has 0 saturated carbocycles. The zero-order chi connectivity index (χ0) is 23.6. The van der Waals surface area contributed by atoms with Crippen molar-refractivity contribution in [1.29, 1.82) is 0 Å². The minimum Gasteiger partial charge on any atom is -0.324 e. The Morgan fingerprint density at radius 2 is 1.48 bits per heavy atom. The van der Waals surface area contributed by atoms with E-state index in [1.165, 1.54) is 0 Å². The largest absolute Gasteiger partial charge is 0.325 e. The van der Waals surface area contributed by atoms with Gasteiger partial charge in [-0.2, -0.15) is 0 Å². The number of hydrogen-bond acceptors (Lipinski definition) is 3. The zero-order valence-corrected chi connectivity index (χ0v) is 19.0. The Morgan fingerprint density at radius 3 is 2.09 bits per heavy atom. The molecule has 0 spiro atoms. The number of nitrogens with zero attached hydrogens (tertiary/aromatic N) is 1. The number of imide groups is 1. The molecule has 3 aromatic rings. The number of rotatable bonds is 6. The molecule has 1 aliphatic rings. The normalized spacial score (nSPS) is 17.7.